The molecule has 0 saturated heterocycles. The van der Waals surface area contributed by atoms with E-state index < -0.39 is 15.9 Å². The van der Waals surface area contributed by atoms with Crippen LogP contribution in [-0.4, -0.2) is 38.3 Å². The molecule has 8 heteroatoms. The van der Waals surface area contributed by atoms with Crippen molar-refractivity contribution in [3.8, 4) is 5.75 Å². The molecule has 2 aromatic carbocycles. The van der Waals surface area contributed by atoms with Crippen molar-refractivity contribution in [2.45, 2.75) is 32.2 Å². The van der Waals surface area contributed by atoms with Crippen LogP contribution in [0.5, 0.6) is 5.75 Å². The number of rotatable bonds is 9. The molecule has 0 aromatic heterocycles. The van der Waals surface area contributed by atoms with E-state index in [1.807, 2.05) is 13.0 Å². The average Bonchev–Trinajstić information content (AvgIpc) is 2.67. The normalized spacial score (nSPS) is 11.5. The zero-order valence-corrected chi connectivity index (χ0v) is 17.8. The van der Waals surface area contributed by atoms with Gasteiger partial charge >= 0.3 is 0 Å². The van der Waals surface area contributed by atoms with E-state index in [2.05, 4.69) is 5.32 Å². The lowest BCUT2D eigenvalue weighted by Gasteiger charge is -2.21. The Morgan fingerprint density at radius 1 is 1.18 bits per heavy atom. The van der Waals surface area contributed by atoms with Gasteiger partial charge in [-0.2, -0.15) is 4.31 Å². The Labute approximate surface area is 171 Å². The minimum Gasteiger partial charge on any atom is -0.494 e. The molecule has 152 valence electrons. The first kappa shape index (κ1) is 22.2. The van der Waals surface area contributed by atoms with Gasteiger partial charge in [0, 0.05) is 18.1 Å². The molecular weight excluding hydrogens is 400 g/mol. The lowest BCUT2D eigenvalue weighted by Crippen LogP contribution is -2.40. The Morgan fingerprint density at radius 3 is 2.50 bits per heavy atom. The highest BCUT2D eigenvalue weighted by Crippen LogP contribution is 2.24. The number of ether oxygens (including phenoxy) is 1. The number of likely N-dealkylation sites (N-methyl/N-ethyl adjacent to an activating group) is 1. The molecule has 0 aliphatic carbocycles. The predicted octanol–water partition coefficient (Wildman–Crippen LogP) is 3.37. The van der Waals surface area contributed by atoms with Gasteiger partial charge in [-0.25, -0.2) is 8.42 Å². The molecule has 0 spiro atoms. The topological polar surface area (TPSA) is 75.7 Å². The number of benzene rings is 2. The number of hydrogen-bond donors (Lipinski definition) is 1. The third-order valence-electron chi connectivity index (χ3n) is 4.19. The standard InChI is InChI=1S/C20H25ClN2O4S/c1-4-23(14-20(24)22-13-16-8-6-7-9-18(16)21)28(25,26)17-10-11-19(27-5-2)15(3)12-17/h6-12H,4-5,13-14H2,1-3H3,(H,22,24). The summed E-state index contributed by atoms with van der Waals surface area (Å²) < 4.78 is 32.5. The van der Waals surface area contributed by atoms with Gasteiger partial charge in [0.25, 0.3) is 0 Å². The summed E-state index contributed by atoms with van der Waals surface area (Å²) in [6, 6.07) is 11.9. The summed E-state index contributed by atoms with van der Waals surface area (Å²) in [6.45, 7) is 5.99. The molecule has 0 unspecified atom stereocenters. The Morgan fingerprint density at radius 2 is 1.89 bits per heavy atom. The fourth-order valence-corrected chi connectivity index (χ4v) is 4.36. The zero-order valence-electron chi connectivity index (χ0n) is 16.2. The Kier molecular flexibility index (Phi) is 7.86. The molecule has 2 aromatic rings. The highest BCUT2D eigenvalue weighted by atomic mass is 35.5. The maximum absolute atomic E-state index is 12.9. The molecule has 6 nitrogen and oxygen atoms in total. The van der Waals surface area contributed by atoms with E-state index in [0.29, 0.717) is 17.4 Å². The summed E-state index contributed by atoms with van der Waals surface area (Å²) in [6.07, 6.45) is 0. The van der Waals surface area contributed by atoms with Crippen LogP contribution in [0.1, 0.15) is 25.0 Å². The van der Waals surface area contributed by atoms with E-state index in [1.165, 1.54) is 6.07 Å². The molecule has 28 heavy (non-hydrogen) atoms. The minimum absolute atomic E-state index is 0.134. The maximum Gasteiger partial charge on any atom is 0.243 e. The highest BCUT2D eigenvalue weighted by Gasteiger charge is 2.25. The van der Waals surface area contributed by atoms with Gasteiger partial charge in [-0.05, 0) is 49.2 Å². The van der Waals surface area contributed by atoms with Crippen LogP contribution in [0.15, 0.2) is 47.4 Å². The van der Waals surface area contributed by atoms with Crippen molar-refractivity contribution in [3.63, 3.8) is 0 Å². The second-order valence-electron chi connectivity index (χ2n) is 6.16. The Balaban J connectivity index is 2.09. The van der Waals surface area contributed by atoms with Crippen LogP contribution in [0.25, 0.3) is 0 Å². The van der Waals surface area contributed by atoms with E-state index in [4.69, 9.17) is 16.3 Å². The number of carbonyl (C=O) groups excluding carboxylic acids is 1. The third-order valence-corrected chi connectivity index (χ3v) is 6.48. The van der Waals surface area contributed by atoms with Crippen molar-refractivity contribution in [3.05, 3.63) is 58.6 Å². The fraction of sp³-hybridized carbons (Fsp3) is 0.350. The molecule has 0 aliphatic rings. The zero-order chi connectivity index (χ0) is 20.7. The first-order valence-corrected chi connectivity index (χ1v) is 10.8. The predicted molar refractivity (Wildman–Crippen MR) is 110 cm³/mol. The summed E-state index contributed by atoms with van der Waals surface area (Å²) >= 11 is 6.08. The van der Waals surface area contributed by atoms with Gasteiger partial charge in [0.15, 0.2) is 0 Å². The molecule has 1 N–H and O–H groups in total. The van der Waals surface area contributed by atoms with Crippen LogP contribution in [0.3, 0.4) is 0 Å². The molecule has 0 heterocycles. The van der Waals surface area contributed by atoms with Gasteiger partial charge < -0.3 is 10.1 Å². The monoisotopic (exact) mass is 424 g/mol. The second-order valence-corrected chi connectivity index (χ2v) is 8.50. The van der Waals surface area contributed by atoms with Gasteiger partial charge in [0.05, 0.1) is 18.0 Å². The smallest absolute Gasteiger partial charge is 0.243 e. The molecule has 0 radical (unpaired) electrons. The summed E-state index contributed by atoms with van der Waals surface area (Å²) in [5.74, 6) is 0.245. The van der Waals surface area contributed by atoms with Crippen LogP contribution < -0.4 is 10.1 Å². The molecular formula is C20H25ClN2O4S. The number of amides is 1. The third kappa shape index (κ3) is 5.47. The van der Waals surface area contributed by atoms with Crippen LogP contribution in [-0.2, 0) is 21.4 Å². The first-order valence-electron chi connectivity index (χ1n) is 9.03. The Hall–Kier alpha value is -2.09. The van der Waals surface area contributed by atoms with Crippen molar-refractivity contribution in [2.75, 3.05) is 19.7 Å². The summed E-state index contributed by atoms with van der Waals surface area (Å²) in [5, 5.41) is 3.26. The Bertz CT molecular complexity index is 932. The lowest BCUT2D eigenvalue weighted by atomic mass is 10.2. The largest absolute Gasteiger partial charge is 0.494 e. The number of nitrogens with zero attached hydrogens (tertiary/aromatic N) is 1. The van der Waals surface area contributed by atoms with Gasteiger partial charge in [-0.15, -0.1) is 0 Å². The van der Waals surface area contributed by atoms with Crippen molar-refractivity contribution in [1.29, 1.82) is 0 Å². The van der Waals surface area contributed by atoms with Crippen LogP contribution in [0, 0.1) is 6.92 Å². The minimum atomic E-state index is -3.80. The van der Waals surface area contributed by atoms with Gasteiger partial charge in [-0.1, -0.05) is 36.7 Å². The quantitative estimate of drug-likeness (QED) is 0.669. The number of aryl methyl sites for hydroxylation is 1. The molecule has 0 saturated carbocycles. The van der Waals surface area contributed by atoms with E-state index in [1.54, 1.807) is 44.2 Å². The van der Waals surface area contributed by atoms with E-state index in [0.717, 1.165) is 15.4 Å². The number of hydrogen-bond acceptors (Lipinski definition) is 4. The first-order chi connectivity index (χ1) is 13.3. The summed E-state index contributed by atoms with van der Waals surface area (Å²) in [4.78, 5) is 12.4. The van der Waals surface area contributed by atoms with Gasteiger partial charge in [0.1, 0.15) is 5.75 Å². The molecule has 2 rings (SSSR count). The lowest BCUT2D eigenvalue weighted by molar-refractivity contribution is -0.121. The maximum atomic E-state index is 12.9. The molecule has 0 fully saturated rings. The van der Waals surface area contributed by atoms with Crippen molar-refractivity contribution in [1.82, 2.24) is 9.62 Å². The molecule has 0 bridgehead atoms. The number of sulfonamides is 1. The molecule has 0 aliphatic heterocycles. The van der Waals surface area contributed by atoms with Gasteiger partial charge in [0.2, 0.25) is 15.9 Å². The fourth-order valence-electron chi connectivity index (χ4n) is 2.67. The van der Waals surface area contributed by atoms with E-state index >= 15 is 0 Å². The molecule has 0 atom stereocenters. The van der Waals surface area contributed by atoms with Crippen molar-refractivity contribution >= 4 is 27.5 Å². The van der Waals surface area contributed by atoms with Crippen molar-refractivity contribution in [2.24, 2.45) is 0 Å². The van der Waals surface area contributed by atoms with Crippen LogP contribution >= 0.6 is 11.6 Å². The number of nitrogens with one attached hydrogen (secondary N) is 1. The van der Waals surface area contributed by atoms with Crippen LogP contribution in [0.4, 0.5) is 0 Å². The number of carbonyl (C=O) groups is 1. The van der Waals surface area contributed by atoms with Gasteiger partial charge in [-0.3, -0.25) is 4.79 Å². The van der Waals surface area contributed by atoms with E-state index in [9.17, 15) is 13.2 Å². The van der Waals surface area contributed by atoms with Crippen LogP contribution in [0.2, 0.25) is 5.02 Å². The van der Waals surface area contributed by atoms with Crippen molar-refractivity contribution < 1.29 is 17.9 Å². The molecule has 1 amide bonds. The summed E-state index contributed by atoms with van der Waals surface area (Å²) in [7, 11) is -3.80. The SMILES string of the molecule is CCOc1ccc(S(=O)(=O)N(CC)CC(=O)NCc2ccccc2Cl)cc1C. The second kappa shape index (κ2) is 9.91. The summed E-state index contributed by atoms with van der Waals surface area (Å²) in [5.41, 5.74) is 1.49. The van der Waals surface area contributed by atoms with E-state index in [-0.39, 0.29) is 24.5 Å². The average molecular weight is 425 g/mol. The number of halogens is 1. The highest BCUT2D eigenvalue weighted by molar-refractivity contribution is 7.89.